The maximum atomic E-state index is 14.4. The van der Waals surface area contributed by atoms with E-state index in [-0.39, 0.29) is 5.56 Å². The number of imide groups is 1. The molecule has 0 saturated carbocycles. The van der Waals surface area contributed by atoms with Crippen LogP contribution in [0.25, 0.3) is 0 Å². The van der Waals surface area contributed by atoms with Crippen molar-refractivity contribution >= 4 is 17.8 Å². The van der Waals surface area contributed by atoms with Crippen LogP contribution in [0.1, 0.15) is 29.7 Å². The molecule has 7 nitrogen and oxygen atoms in total. The lowest BCUT2D eigenvalue weighted by molar-refractivity contribution is -0.135. The van der Waals surface area contributed by atoms with Gasteiger partial charge in [0.2, 0.25) is 5.91 Å². The summed E-state index contributed by atoms with van der Waals surface area (Å²) >= 11 is 0. The highest BCUT2D eigenvalue weighted by Gasteiger charge is 2.51. The first-order valence-corrected chi connectivity index (χ1v) is 10.8. The summed E-state index contributed by atoms with van der Waals surface area (Å²) < 4.78 is 33.3. The van der Waals surface area contributed by atoms with E-state index < -0.39 is 47.6 Å². The normalized spacial score (nSPS) is 18.2. The van der Waals surface area contributed by atoms with Crippen LogP contribution < -0.4 is 15.4 Å². The third kappa shape index (κ3) is 4.70. The highest BCUT2D eigenvalue weighted by Crippen LogP contribution is 2.31. The van der Waals surface area contributed by atoms with Crippen molar-refractivity contribution in [3.05, 3.63) is 101 Å². The Hall–Kier alpha value is -4.27. The van der Waals surface area contributed by atoms with Gasteiger partial charge >= 0.3 is 6.03 Å². The molecule has 0 aliphatic carbocycles. The average molecular weight is 479 g/mol. The standard InChI is InChI=1S/C26H23F2N3O4/c1-26(20-14-18(27)10-13-21(20)28)24(33)31(25(34)30-26)15-22(32)29-23(16-6-4-3-5-7-16)17-8-11-19(35-2)12-9-17/h3-14,23H,15H2,1-2H3,(H,29,32)(H,30,34). The Bertz CT molecular complexity index is 1270. The average Bonchev–Trinajstić information content (AvgIpc) is 3.08. The summed E-state index contributed by atoms with van der Waals surface area (Å²) in [7, 11) is 1.55. The highest BCUT2D eigenvalue weighted by molar-refractivity contribution is 6.09. The fourth-order valence-corrected chi connectivity index (χ4v) is 4.05. The van der Waals surface area contributed by atoms with Crippen LogP contribution in [0.5, 0.6) is 5.75 Å². The van der Waals surface area contributed by atoms with E-state index in [2.05, 4.69) is 10.6 Å². The Morgan fingerprint density at radius 1 is 1.03 bits per heavy atom. The SMILES string of the molecule is COc1ccc(C(NC(=O)CN2C(=O)NC(C)(c3cc(F)ccc3F)C2=O)c2ccccc2)cc1. The van der Waals surface area contributed by atoms with Crippen LogP contribution in [0.2, 0.25) is 0 Å². The van der Waals surface area contributed by atoms with Crippen LogP contribution >= 0.6 is 0 Å². The van der Waals surface area contributed by atoms with Crippen molar-refractivity contribution in [1.29, 1.82) is 0 Å². The number of rotatable bonds is 7. The summed E-state index contributed by atoms with van der Waals surface area (Å²) in [5.74, 6) is -2.43. The van der Waals surface area contributed by atoms with Crippen molar-refractivity contribution in [3.8, 4) is 5.75 Å². The van der Waals surface area contributed by atoms with Crippen LogP contribution in [-0.2, 0) is 15.1 Å². The molecule has 9 heteroatoms. The third-order valence-electron chi connectivity index (χ3n) is 5.93. The number of hydrogen-bond donors (Lipinski definition) is 2. The molecule has 3 aromatic rings. The number of halogens is 2. The largest absolute Gasteiger partial charge is 0.497 e. The van der Waals surface area contributed by atoms with Crippen molar-refractivity contribution in [1.82, 2.24) is 15.5 Å². The maximum Gasteiger partial charge on any atom is 0.325 e. The Morgan fingerprint density at radius 3 is 2.34 bits per heavy atom. The van der Waals surface area contributed by atoms with E-state index in [1.54, 1.807) is 31.4 Å². The molecule has 3 aromatic carbocycles. The molecule has 2 unspecified atom stereocenters. The van der Waals surface area contributed by atoms with Gasteiger partial charge in [-0.05, 0) is 48.4 Å². The quantitative estimate of drug-likeness (QED) is 0.507. The number of carbonyl (C=O) groups is 3. The lowest BCUT2D eigenvalue weighted by Gasteiger charge is -2.23. The summed E-state index contributed by atoms with van der Waals surface area (Å²) in [6.45, 7) is 0.670. The molecule has 1 aliphatic rings. The van der Waals surface area contributed by atoms with E-state index in [0.29, 0.717) is 10.6 Å². The van der Waals surface area contributed by atoms with Gasteiger partial charge in [0.1, 0.15) is 29.5 Å². The van der Waals surface area contributed by atoms with Gasteiger partial charge in [-0.15, -0.1) is 0 Å². The molecule has 1 saturated heterocycles. The summed E-state index contributed by atoms with van der Waals surface area (Å²) in [4.78, 5) is 39.4. The molecule has 2 atom stereocenters. The number of nitrogens with one attached hydrogen (secondary N) is 2. The molecule has 2 N–H and O–H groups in total. The number of ether oxygens (including phenoxy) is 1. The number of amides is 4. The highest BCUT2D eigenvalue weighted by atomic mass is 19.1. The van der Waals surface area contributed by atoms with Crippen molar-refractivity contribution in [2.24, 2.45) is 0 Å². The van der Waals surface area contributed by atoms with Gasteiger partial charge in [0.05, 0.1) is 13.2 Å². The van der Waals surface area contributed by atoms with E-state index in [0.717, 1.165) is 29.3 Å². The number of carbonyl (C=O) groups excluding carboxylic acids is 3. The second kappa shape index (κ2) is 9.54. The zero-order chi connectivity index (χ0) is 25.2. The van der Waals surface area contributed by atoms with E-state index in [4.69, 9.17) is 4.74 Å². The van der Waals surface area contributed by atoms with Crippen LogP contribution in [-0.4, -0.2) is 36.4 Å². The van der Waals surface area contributed by atoms with Crippen molar-refractivity contribution in [2.45, 2.75) is 18.5 Å². The molecule has 1 aliphatic heterocycles. The molecular formula is C26H23F2N3O4. The predicted molar refractivity (Wildman–Crippen MR) is 123 cm³/mol. The number of hydrogen-bond acceptors (Lipinski definition) is 4. The second-order valence-electron chi connectivity index (χ2n) is 8.25. The van der Waals surface area contributed by atoms with E-state index >= 15 is 0 Å². The van der Waals surface area contributed by atoms with Crippen molar-refractivity contribution in [3.63, 3.8) is 0 Å². The molecule has 0 spiro atoms. The second-order valence-corrected chi connectivity index (χ2v) is 8.25. The summed E-state index contributed by atoms with van der Waals surface area (Å²) in [5.41, 5.74) is -0.624. The first-order valence-electron chi connectivity index (χ1n) is 10.8. The van der Waals surface area contributed by atoms with Gasteiger partial charge in [0, 0.05) is 5.56 Å². The predicted octanol–water partition coefficient (Wildman–Crippen LogP) is 3.65. The molecule has 35 heavy (non-hydrogen) atoms. The van der Waals surface area contributed by atoms with Gasteiger partial charge in [-0.25, -0.2) is 13.6 Å². The first kappa shape index (κ1) is 23.9. The molecule has 4 rings (SSSR count). The minimum atomic E-state index is -1.85. The monoisotopic (exact) mass is 479 g/mol. The first-order chi connectivity index (χ1) is 16.7. The lowest BCUT2D eigenvalue weighted by Crippen LogP contribution is -2.44. The number of benzene rings is 3. The lowest BCUT2D eigenvalue weighted by atomic mass is 9.91. The molecule has 0 aromatic heterocycles. The van der Waals surface area contributed by atoms with E-state index in [1.807, 2.05) is 30.3 Å². The Balaban J connectivity index is 1.56. The number of nitrogens with zero attached hydrogens (tertiary/aromatic N) is 1. The Labute approximate surface area is 200 Å². The van der Waals surface area contributed by atoms with Gasteiger partial charge in [0.15, 0.2) is 0 Å². The van der Waals surface area contributed by atoms with Gasteiger partial charge in [-0.3, -0.25) is 14.5 Å². The fraction of sp³-hybridized carbons (Fsp3) is 0.192. The third-order valence-corrected chi connectivity index (χ3v) is 5.93. The molecule has 0 bridgehead atoms. The van der Waals surface area contributed by atoms with Gasteiger partial charge < -0.3 is 15.4 Å². The smallest absolute Gasteiger partial charge is 0.325 e. The van der Waals surface area contributed by atoms with Crippen LogP contribution in [0.3, 0.4) is 0 Å². The fourth-order valence-electron chi connectivity index (χ4n) is 4.05. The summed E-state index contributed by atoms with van der Waals surface area (Å²) in [6.07, 6.45) is 0. The van der Waals surface area contributed by atoms with Crippen LogP contribution in [0.15, 0.2) is 72.8 Å². The molecular weight excluding hydrogens is 456 g/mol. The summed E-state index contributed by atoms with van der Waals surface area (Å²) in [6, 6.07) is 17.5. The Kier molecular flexibility index (Phi) is 6.50. The van der Waals surface area contributed by atoms with E-state index in [1.165, 1.54) is 6.92 Å². The van der Waals surface area contributed by atoms with Crippen molar-refractivity contribution < 1.29 is 27.9 Å². The number of methoxy groups -OCH3 is 1. The molecule has 1 heterocycles. The molecule has 0 radical (unpaired) electrons. The van der Waals surface area contributed by atoms with Gasteiger partial charge in [0.25, 0.3) is 5.91 Å². The molecule has 1 fully saturated rings. The minimum Gasteiger partial charge on any atom is -0.497 e. The zero-order valence-corrected chi connectivity index (χ0v) is 19.0. The van der Waals surface area contributed by atoms with Crippen LogP contribution in [0, 0.1) is 11.6 Å². The maximum absolute atomic E-state index is 14.4. The minimum absolute atomic E-state index is 0.320. The van der Waals surface area contributed by atoms with E-state index in [9.17, 15) is 23.2 Å². The Morgan fingerprint density at radius 2 is 1.69 bits per heavy atom. The van der Waals surface area contributed by atoms with Gasteiger partial charge in [-0.2, -0.15) is 0 Å². The van der Waals surface area contributed by atoms with Crippen LogP contribution in [0.4, 0.5) is 13.6 Å². The zero-order valence-electron chi connectivity index (χ0n) is 19.0. The molecule has 4 amide bonds. The molecule has 180 valence electrons. The van der Waals surface area contributed by atoms with Crippen molar-refractivity contribution in [2.75, 3.05) is 13.7 Å². The van der Waals surface area contributed by atoms with Gasteiger partial charge in [-0.1, -0.05) is 42.5 Å². The topological polar surface area (TPSA) is 87.7 Å². The summed E-state index contributed by atoms with van der Waals surface area (Å²) in [5, 5.41) is 5.24. The number of urea groups is 1.